The highest BCUT2D eigenvalue weighted by molar-refractivity contribution is 5.68. The molecule has 51 heavy (non-hydrogen) atoms. The van der Waals surface area contributed by atoms with Gasteiger partial charge in [-0.2, -0.15) is 0 Å². The van der Waals surface area contributed by atoms with Gasteiger partial charge in [-0.25, -0.2) is 4.79 Å². The minimum Gasteiger partial charge on any atom is -0.458 e. The third-order valence-electron chi connectivity index (χ3n) is 8.64. The minimum atomic E-state index is -1.41. The van der Waals surface area contributed by atoms with Gasteiger partial charge in [0.25, 0.3) is 0 Å². The second kappa shape index (κ2) is 19.0. The average molecular weight is 705 g/mol. The number of nitrogens with zero attached hydrogens (tertiary/aromatic N) is 10. The predicted octanol–water partition coefficient (Wildman–Crippen LogP) is 6.80. The number of benzene rings is 2. The van der Waals surface area contributed by atoms with Crippen molar-refractivity contribution in [3.05, 3.63) is 103 Å². The van der Waals surface area contributed by atoms with Gasteiger partial charge in [0.1, 0.15) is 18.8 Å². The largest absolute Gasteiger partial charge is 0.458 e. The van der Waals surface area contributed by atoms with E-state index in [9.17, 15) is 31.0 Å². The standard InChI is InChI=1S/C33H40N10O8/c1-4-27(43(18-22-11-7-5-8-12-22)33(46)47-19-23-13-9-6-10-14-23)28-16-15-24(37-40-34)32(50-28)51-30-26(39-42-36)17-25(38-41-35)29(48-20(2)44)31(30)49-21(3)45/h5-14,24-32H,4,15-19H2,1-3H3/t24-,25-,26+,27+,28+,29+,30-,31-,32-/m1/s1. The van der Waals surface area contributed by atoms with Crippen molar-refractivity contribution in [1.82, 2.24) is 4.90 Å². The number of carbonyl (C=O) groups excluding carboxylic acids is 3. The summed E-state index contributed by atoms with van der Waals surface area (Å²) in [5.74, 6) is -1.53. The van der Waals surface area contributed by atoms with Gasteiger partial charge in [-0.05, 0) is 53.4 Å². The fourth-order valence-corrected chi connectivity index (χ4v) is 6.45. The average Bonchev–Trinajstić information content (AvgIpc) is 3.11. The molecule has 1 aliphatic carbocycles. The normalized spacial score (nSPS) is 26.1. The highest BCUT2D eigenvalue weighted by Gasteiger charge is 2.51. The van der Waals surface area contributed by atoms with E-state index in [-0.39, 0.29) is 26.0 Å². The Kier molecular flexibility index (Phi) is 14.3. The van der Waals surface area contributed by atoms with E-state index in [1.165, 1.54) is 0 Å². The van der Waals surface area contributed by atoms with Gasteiger partial charge in [-0.1, -0.05) is 82.9 Å². The molecule has 0 N–H and O–H groups in total. The van der Waals surface area contributed by atoms with E-state index in [2.05, 4.69) is 30.1 Å². The van der Waals surface area contributed by atoms with Crippen LogP contribution in [0.5, 0.6) is 0 Å². The van der Waals surface area contributed by atoms with E-state index in [0.29, 0.717) is 12.8 Å². The summed E-state index contributed by atoms with van der Waals surface area (Å²) in [6.07, 6.45) is -5.57. The molecule has 9 atom stereocenters. The van der Waals surface area contributed by atoms with Crippen LogP contribution >= 0.6 is 0 Å². The first-order valence-electron chi connectivity index (χ1n) is 16.5. The molecule has 1 saturated carbocycles. The van der Waals surface area contributed by atoms with Gasteiger partial charge in [0.15, 0.2) is 12.4 Å². The quantitative estimate of drug-likeness (QED) is 0.0663. The Morgan fingerprint density at radius 2 is 1.35 bits per heavy atom. The molecule has 18 heteroatoms. The van der Waals surface area contributed by atoms with Crippen LogP contribution in [-0.2, 0) is 46.4 Å². The maximum atomic E-state index is 13.8. The van der Waals surface area contributed by atoms with E-state index < -0.39 is 72.9 Å². The van der Waals surface area contributed by atoms with Crippen LogP contribution in [0.2, 0.25) is 0 Å². The summed E-state index contributed by atoms with van der Waals surface area (Å²) in [5.41, 5.74) is 29.7. The molecule has 2 fully saturated rings. The van der Waals surface area contributed by atoms with Gasteiger partial charge in [0, 0.05) is 35.1 Å². The predicted molar refractivity (Wildman–Crippen MR) is 180 cm³/mol. The zero-order valence-electron chi connectivity index (χ0n) is 28.5. The number of hydrogen-bond donors (Lipinski definition) is 0. The van der Waals surface area contributed by atoms with Crippen molar-refractivity contribution in [3.8, 4) is 0 Å². The van der Waals surface area contributed by atoms with Crippen LogP contribution in [0.3, 0.4) is 0 Å². The lowest BCUT2D eigenvalue weighted by Crippen LogP contribution is -2.61. The first-order chi connectivity index (χ1) is 24.7. The molecule has 1 aliphatic heterocycles. The van der Waals surface area contributed by atoms with E-state index in [1.807, 2.05) is 67.6 Å². The first kappa shape index (κ1) is 38.3. The van der Waals surface area contributed by atoms with Crippen LogP contribution in [0, 0.1) is 0 Å². The van der Waals surface area contributed by atoms with Crippen LogP contribution in [0.15, 0.2) is 76.0 Å². The lowest BCUT2D eigenvalue weighted by atomic mass is 9.84. The second-order valence-electron chi connectivity index (χ2n) is 12.1. The molecule has 1 amide bonds. The molecule has 0 aromatic heterocycles. The number of hydrogen-bond acceptors (Lipinski definition) is 11. The summed E-state index contributed by atoms with van der Waals surface area (Å²) >= 11 is 0. The van der Waals surface area contributed by atoms with Gasteiger partial charge in [-0.3, -0.25) is 14.5 Å². The molecule has 0 unspecified atom stereocenters. The molecule has 270 valence electrons. The van der Waals surface area contributed by atoms with Crippen LogP contribution < -0.4 is 0 Å². The molecular formula is C33H40N10O8. The SMILES string of the molecule is CC[C@@H]([C@@H]1CC[C@@H](N=[N+]=[N-])[C@@H](O[C@H]2[C@H](OC(C)=O)[C@@H](OC(C)=O)[C@H](N=[N+]=[N-])C[C@@H]2N=[N+]=[N-])O1)N(Cc1ccccc1)C(=O)OCc1ccccc1. The Morgan fingerprint density at radius 1 is 0.804 bits per heavy atom. The number of esters is 2. The second-order valence-corrected chi connectivity index (χ2v) is 12.1. The molecule has 1 heterocycles. The number of rotatable bonds is 14. The molecule has 0 radical (unpaired) electrons. The fourth-order valence-electron chi connectivity index (χ4n) is 6.45. The van der Waals surface area contributed by atoms with Crippen LogP contribution in [0.1, 0.15) is 57.6 Å². The molecule has 2 aromatic carbocycles. The van der Waals surface area contributed by atoms with Crippen molar-refractivity contribution in [2.24, 2.45) is 15.3 Å². The van der Waals surface area contributed by atoms with Gasteiger partial charge >= 0.3 is 18.0 Å². The van der Waals surface area contributed by atoms with Gasteiger partial charge in [-0.15, -0.1) is 0 Å². The Labute approximate surface area is 293 Å². The maximum absolute atomic E-state index is 13.8. The third-order valence-corrected chi connectivity index (χ3v) is 8.64. The van der Waals surface area contributed by atoms with Crippen molar-refractivity contribution in [1.29, 1.82) is 0 Å². The number of ether oxygens (including phenoxy) is 5. The van der Waals surface area contributed by atoms with Crippen molar-refractivity contribution < 1.29 is 38.1 Å². The zero-order valence-corrected chi connectivity index (χ0v) is 28.5. The Bertz CT molecular complexity index is 1630. The third kappa shape index (κ3) is 10.5. The van der Waals surface area contributed by atoms with Crippen molar-refractivity contribution in [2.75, 3.05) is 0 Å². The van der Waals surface area contributed by atoms with Gasteiger partial charge in [0.2, 0.25) is 0 Å². The van der Waals surface area contributed by atoms with Crippen molar-refractivity contribution in [3.63, 3.8) is 0 Å². The topological polar surface area (TPSA) is 247 Å². The molecule has 2 aliphatic rings. The Hall–Kier alpha value is -5.50. The van der Waals surface area contributed by atoms with Crippen LogP contribution in [-0.4, -0.2) is 77.8 Å². The smallest absolute Gasteiger partial charge is 0.410 e. The molecule has 0 spiro atoms. The first-order valence-corrected chi connectivity index (χ1v) is 16.5. The van der Waals surface area contributed by atoms with E-state index >= 15 is 0 Å². The summed E-state index contributed by atoms with van der Waals surface area (Å²) in [6.45, 7) is 4.43. The zero-order chi connectivity index (χ0) is 36.8. The van der Waals surface area contributed by atoms with Crippen LogP contribution in [0.25, 0.3) is 31.3 Å². The Balaban J connectivity index is 1.67. The van der Waals surface area contributed by atoms with E-state index in [1.54, 1.807) is 4.90 Å². The molecule has 18 nitrogen and oxygen atoms in total. The Morgan fingerprint density at radius 3 is 1.92 bits per heavy atom. The van der Waals surface area contributed by atoms with E-state index in [4.69, 9.17) is 23.7 Å². The highest BCUT2D eigenvalue weighted by Crippen LogP contribution is 2.36. The summed E-state index contributed by atoms with van der Waals surface area (Å²) in [7, 11) is 0. The summed E-state index contributed by atoms with van der Waals surface area (Å²) in [4.78, 5) is 48.5. The lowest BCUT2D eigenvalue weighted by molar-refractivity contribution is -0.264. The molecule has 0 bridgehead atoms. The monoisotopic (exact) mass is 704 g/mol. The number of azide groups is 3. The van der Waals surface area contributed by atoms with Gasteiger partial charge in [0.05, 0.1) is 30.3 Å². The lowest BCUT2D eigenvalue weighted by Gasteiger charge is -2.46. The summed E-state index contributed by atoms with van der Waals surface area (Å²) in [5, 5.41) is 11.4. The van der Waals surface area contributed by atoms with E-state index in [0.717, 1.165) is 25.0 Å². The van der Waals surface area contributed by atoms with Crippen molar-refractivity contribution >= 4 is 18.0 Å². The molecular weight excluding hydrogens is 664 g/mol. The van der Waals surface area contributed by atoms with Crippen LogP contribution in [0.4, 0.5) is 4.79 Å². The van der Waals surface area contributed by atoms with Crippen molar-refractivity contribution in [2.45, 2.75) is 114 Å². The molecule has 2 aromatic rings. The maximum Gasteiger partial charge on any atom is 0.410 e. The fraction of sp³-hybridized carbons (Fsp3) is 0.545. The summed E-state index contributed by atoms with van der Waals surface area (Å²) < 4.78 is 29.7. The minimum absolute atomic E-state index is 0.0535. The molecule has 4 rings (SSSR count). The highest BCUT2D eigenvalue weighted by atomic mass is 16.7. The number of carbonyl (C=O) groups is 3. The molecule has 1 saturated heterocycles. The number of amides is 1. The van der Waals surface area contributed by atoms with Gasteiger partial charge < -0.3 is 23.7 Å². The summed E-state index contributed by atoms with van der Waals surface area (Å²) in [6, 6.07) is 15.1.